The number of halogens is 1. The van der Waals surface area contributed by atoms with Gasteiger partial charge in [0.2, 0.25) is 5.91 Å². The van der Waals surface area contributed by atoms with Crippen molar-refractivity contribution >= 4 is 22.6 Å². The number of rotatable bonds is 7. The summed E-state index contributed by atoms with van der Waals surface area (Å²) in [6.07, 6.45) is 2.70. The third kappa shape index (κ3) is 4.97. The quantitative estimate of drug-likeness (QED) is 0.312. The Morgan fingerprint density at radius 2 is 1.82 bits per heavy atom. The number of benzene rings is 2. The van der Waals surface area contributed by atoms with Crippen molar-refractivity contribution in [3.8, 4) is 0 Å². The summed E-state index contributed by atoms with van der Waals surface area (Å²) >= 11 is 0. The zero-order chi connectivity index (χ0) is 24.1. The first kappa shape index (κ1) is 23.5. The number of hydrogen-bond acceptors (Lipinski definition) is 6. The Hall–Kier alpha value is -3.63. The molecule has 1 aliphatic heterocycles. The molecular weight excluding hydrogens is 439 g/mol. The van der Waals surface area contributed by atoms with Crippen LogP contribution in [-0.2, 0) is 11.3 Å². The second kappa shape index (κ2) is 10.5. The number of nitrogens with zero attached hydrogens (tertiary/aromatic N) is 2. The van der Waals surface area contributed by atoms with Crippen LogP contribution in [-0.4, -0.2) is 28.1 Å². The molecule has 0 saturated carbocycles. The van der Waals surface area contributed by atoms with Gasteiger partial charge in [-0.1, -0.05) is 50.1 Å². The lowest BCUT2D eigenvalue weighted by Crippen LogP contribution is -2.46. The molecule has 34 heavy (non-hydrogen) atoms. The molecule has 2 unspecified atom stereocenters. The van der Waals surface area contributed by atoms with Crippen LogP contribution in [0.25, 0.3) is 10.8 Å². The Kier molecular flexibility index (Phi) is 7.29. The summed E-state index contributed by atoms with van der Waals surface area (Å²) in [6, 6.07) is 12.3. The molecule has 0 aliphatic carbocycles. The highest BCUT2D eigenvalue weighted by molar-refractivity contribution is 6.05. The Labute approximate surface area is 195 Å². The highest BCUT2D eigenvalue weighted by Gasteiger charge is 2.34. The average Bonchev–Trinajstić information content (AvgIpc) is 3.34. The van der Waals surface area contributed by atoms with Gasteiger partial charge in [0.15, 0.2) is 5.69 Å². The third-order valence-electron chi connectivity index (χ3n) is 5.90. The zero-order valence-corrected chi connectivity index (χ0v) is 18.8. The summed E-state index contributed by atoms with van der Waals surface area (Å²) in [7, 11) is 0. The van der Waals surface area contributed by atoms with Crippen LogP contribution in [0.2, 0.25) is 0 Å². The van der Waals surface area contributed by atoms with Gasteiger partial charge in [0.05, 0.1) is 17.3 Å². The van der Waals surface area contributed by atoms with E-state index in [1.807, 2.05) is 0 Å². The molecule has 3 aromatic rings. The molecule has 1 saturated heterocycles. The van der Waals surface area contributed by atoms with E-state index in [2.05, 4.69) is 33.7 Å². The van der Waals surface area contributed by atoms with E-state index in [1.54, 1.807) is 36.4 Å². The normalized spacial score (nSPS) is 17.6. The minimum atomic E-state index is -0.619. The lowest BCUT2D eigenvalue weighted by atomic mass is 9.94. The van der Waals surface area contributed by atoms with Gasteiger partial charge in [-0.3, -0.25) is 30.7 Å². The number of hydrogen-bond donors (Lipinski definition) is 4. The van der Waals surface area contributed by atoms with Crippen molar-refractivity contribution in [2.75, 3.05) is 6.54 Å². The Balaban J connectivity index is 1.50. The van der Waals surface area contributed by atoms with E-state index >= 15 is 0 Å². The van der Waals surface area contributed by atoms with Crippen molar-refractivity contribution < 1.29 is 14.0 Å². The second-order valence-corrected chi connectivity index (χ2v) is 8.23. The van der Waals surface area contributed by atoms with Crippen LogP contribution < -0.4 is 27.3 Å². The molecule has 2 amide bonds. The molecule has 2 aromatic carbocycles. The summed E-state index contributed by atoms with van der Waals surface area (Å²) in [4.78, 5) is 38.6. The summed E-state index contributed by atoms with van der Waals surface area (Å²) in [5, 5.41) is 5.11. The Morgan fingerprint density at radius 3 is 2.56 bits per heavy atom. The average molecular weight is 467 g/mol. The lowest BCUT2D eigenvalue weighted by Gasteiger charge is -2.19. The number of unbranched alkanes of at least 4 members (excludes halogenated alkanes) is 2. The molecule has 4 N–H and O–H groups in total. The summed E-state index contributed by atoms with van der Waals surface area (Å²) < 4.78 is 14.6. The highest BCUT2D eigenvalue weighted by Crippen LogP contribution is 2.25. The van der Waals surface area contributed by atoms with E-state index in [4.69, 9.17) is 0 Å². The van der Waals surface area contributed by atoms with Gasteiger partial charge in [0.1, 0.15) is 5.82 Å². The number of aromatic nitrogens is 2. The SMILES string of the molecule is CCCCCn1nc(C(=O)NNC(=O)C2CNNC2c2ccc(F)cc2)c2ccccc2c1=O. The second-order valence-electron chi connectivity index (χ2n) is 8.23. The number of carbonyl (C=O) groups is 2. The Morgan fingerprint density at radius 1 is 1.09 bits per heavy atom. The van der Waals surface area contributed by atoms with Gasteiger partial charge in [-0.2, -0.15) is 5.10 Å². The van der Waals surface area contributed by atoms with Gasteiger partial charge in [-0.25, -0.2) is 14.5 Å². The number of carbonyl (C=O) groups excluding carboxylic acids is 2. The fourth-order valence-electron chi connectivity index (χ4n) is 4.06. The van der Waals surface area contributed by atoms with Crippen molar-refractivity contribution in [2.45, 2.75) is 38.8 Å². The van der Waals surface area contributed by atoms with E-state index in [9.17, 15) is 18.8 Å². The topological polar surface area (TPSA) is 117 Å². The number of fused-ring (bicyclic) bond motifs is 1. The fraction of sp³-hybridized carbons (Fsp3) is 0.333. The maximum Gasteiger partial charge on any atom is 0.290 e. The summed E-state index contributed by atoms with van der Waals surface area (Å²) in [5.74, 6) is -1.94. The van der Waals surface area contributed by atoms with Crippen LogP contribution in [0.3, 0.4) is 0 Å². The Bertz CT molecular complexity index is 1240. The number of amides is 2. The van der Waals surface area contributed by atoms with Crippen LogP contribution in [0.1, 0.15) is 48.3 Å². The molecule has 2 heterocycles. The summed E-state index contributed by atoms with van der Waals surface area (Å²) in [6.45, 7) is 2.80. The molecule has 0 bridgehead atoms. The van der Waals surface area contributed by atoms with Gasteiger partial charge in [0, 0.05) is 18.5 Å². The molecule has 4 rings (SSSR count). The standard InChI is InChI=1S/C24H27FN6O3/c1-2-3-6-13-31-24(34)18-8-5-4-7-17(18)21(30-31)23(33)29-28-22(32)19-14-26-27-20(19)15-9-11-16(25)12-10-15/h4-5,7-12,19-20,26-27H,2-3,6,13-14H2,1H3,(H,28,32)(H,29,33). The molecular formula is C24H27FN6O3. The van der Waals surface area contributed by atoms with E-state index in [1.165, 1.54) is 16.8 Å². The molecule has 2 atom stereocenters. The smallest absolute Gasteiger partial charge is 0.273 e. The first-order valence-corrected chi connectivity index (χ1v) is 11.3. The number of hydrazine groups is 2. The molecule has 9 nitrogen and oxygen atoms in total. The fourth-order valence-corrected chi connectivity index (χ4v) is 4.06. The van der Waals surface area contributed by atoms with Gasteiger partial charge < -0.3 is 0 Å². The van der Waals surface area contributed by atoms with Gasteiger partial charge in [0.25, 0.3) is 11.5 Å². The van der Waals surface area contributed by atoms with Gasteiger partial charge >= 0.3 is 0 Å². The van der Waals surface area contributed by atoms with Crippen LogP contribution in [0.15, 0.2) is 53.3 Å². The van der Waals surface area contributed by atoms with E-state index in [-0.39, 0.29) is 17.1 Å². The lowest BCUT2D eigenvalue weighted by molar-refractivity contribution is -0.125. The predicted octanol–water partition coefficient (Wildman–Crippen LogP) is 1.95. The maximum absolute atomic E-state index is 13.3. The van der Waals surface area contributed by atoms with Crippen molar-refractivity contribution in [1.29, 1.82) is 0 Å². The van der Waals surface area contributed by atoms with E-state index in [0.717, 1.165) is 24.8 Å². The van der Waals surface area contributed by atoms with Gasteiger partial charge in [-0.05, 0) is 30.2 Å². The molecule has 178 valence electrons. The summed E-state index contributed by atoms with van der Waals surface area (Å²) in [5.41, 5.74) is 11.4. The van der Waals surface area contributed by atoms with Crippen molar-refractivity contribution in [1.82, 2.24) is 31.5 Å². The first-order chi connectivity index (χ1) is 16.5. The third-order valence-corrected chi connectivity index (χ3v) is 5.90. The monoisotopic (exact) mass is 466 g/mol. The first-order valence-electron chi connectivity index (χ1n) is 11.3. The van der Waals surface area contributed by atoms with E-state index in [0.29, 0.717) is 23.9 Å². The molecule has 1 aliphatic rings. The van der Waals surface area contributed by atoms with Crippen molar-refractivity contribution in [3.63, 3.8) is 0 Å². The largest absolute Gasteiger partial charge is 0.290 e. The highest BCUT2D eigenvalue weighted by atomic mass is 19.1. The van der Waals surface area contributed by atoms with Crippen LogP contribution >= 0.6 is 0 Å². The van der Waals surface area contributed by atoms with Crippen LogP contribution in [0.5, 0.6) is 0 Å². The van der Waals surface area contributed by atoms with Crippen LogP contribution in [0.4, 0.5) is 4.39 Å². The molecule has 0 spiro atoms. The molecule has 1 aromatic heterocycles. The van der Waals surface area contributed by atoms with Crippen LogP contribution in [0, 0.1) is 11.7 Å². The number of aryl methyl sites for hydroxylation is 1. The molecule has 1 fully saturated rings. The molecule has 0 radical (unpaired) electrons. The minimum absolute atomic E-state index is 0.0600. The van der Waals surface area contributed by atoms with E-state index < -0.39 is 23.8 Å². The van der Waals surface area contributed by atoms with Gasteiger partial charge in [-0.15, -0.1) is 0 Å². The van der Waals surface area contributed by atoms with Crippen molar-refractivity contribution in [3.05, 3.63) is 76.0 Å². The minimum Gasteiger partial charge on any atom is -0.273 e. The zero-order valence-electron chi connectivity index (χ0n) is 18.8. The maximum atomic E-state index is 13.3. The number of nitrogens with one attached hydrogen (secondary N) is 4. The molecule has 10 heteroatoms. The predicted molar refractivity (Wildman–Crippen MR) is 125 cm³/mol. The van der Waals surface area contributed by atoms with Crippen molar-refractivity contribution in [2.24, 2.45) is 5.92 Å².